The van der Waals surface area contributed by atoms with Crippen molar-refractivity contribution in [3.63, 3.8) is 0 Å². The number of aliphatic hydroxyl groups is 1. The maximum atomic E-state index is 9.31. The molecule has 0 aromatic carbocycles. The van der Waals surface area contributed by atoms with Gasteiger partial charge in [0.2, 0.25) is 5.88 Å². The first-order valence-electron chi connectivity index (χ1n) is 5.07. The van der Waals surface area contributed by atoms with E-state index in [1.54, 1.807) is 11.8 Å². The quantitative estimate of drug-likeness (QED) is 0.742. The molecule has 5 heteroatoms. The van der Waals surface area contributed by atoms with Gasteiger partial charge in [-0.05, 0) is 13.5 Å². The Bertz CT molecular complexity index is 323. The highest BCUT2D eigenvalue weighted by Gasteiger charge is 2.21. The van der Waals surface area contributed by atoms with Gasteiger partial charge in [-0.15, -0.1) is 0 Å². The zero-order valence-electron chi connectivity index (χ0n) is 9.74. The van der Waals surface area contributed by atoms with Gasteiger partial charge < -0.3 is 15.2 Å². The van der Waals surface area contributed by atoms with Crippen molar-refractivity contribution < 1.29 is 9.84 Å². The van der Waals surface area contributed by atoms with E-state index in [0.717, 1.165) is 17.8 Å². The van der Waals surface area contributed by atoms with Gasteiger partial charge in [0.1, 0.15) is 0 Å². The van der Waals surface area contributed by atoms with Crippen LogP contribution in [0.25, 0.3) is 0 Å². The highest BCUT2D eigenvalue weighted by atomic mass is 16.5. The largest absolute Gasteiger partial charge is 0.481 e. The second-order valence-electron chi connectivity index (χ2n) is 3.42. The third-order valence-electron chi connectivity index (χ3n) is 2.39. The summed E-state index contributed by atoms with van der Waals surface area (Å²) >= 11 is 0. The lowest BCUT2D eigenvalue weighted by atomic mass is 10.1. The molecule has 1 heterocycles. The number of aliphatic hydroxyl groups excluding tert-OH is 1. The molecule has 15 heavy (non-hydrogen) atoms. The number of hydrogen-bond acceptors (Lipinski definition) is 4. The van der Waals surface area contributed by atoms with Gasteiger partial charge in [0, 0.05) is 7.05 Å². The Morgan fingerprint density at radius 2 is 2.27 bits per heavy atom. The predicted molar refractivity (Wildman–Crippen MR) is 58.0 cm³/mol. The van der Waals surface area contributed by atoms with Crippen LogP contribution in [0.4, 0.5) is 0 Å². The molecule has 0 aliphatic heterocycles. The fourth-order valence-electron chi connectivity index (χ4n) is 1.80. The van der Waals surface area contributed by atoms with E-state index < -0.39 is 0 Å². The van der Waals surface area contributed by atoms with Crippen molar-refractivity contribution in [1.29, 1.82) is 0 Å². The summed E-state index contributed by atoms with van der Waals surface area (Å²) in [5.41, 5.74) is 1.82. The SMILES string of the molecule is CCNC(CO)c1c(C)nn(C)c1OC. The molecule has 1 aromatic heterocycles. The lowest BCUT2D eigenvalue weighted by Crippen LogP contribution is -2.24. The Morgan fingerprint density at radius 1 is 1.60 bits per heavy atom. The van der Waals surface area contributed by atoms with Gasteiger partial charge >= 0.3 is 0 Å². The summed E-state index contributed by atoms with van der Waals surface area (Å²) < 4.78 is 6.96. The fraction of sp³-hybridized carbons (Fsp3) is 0.700. The van der Waals surface area contributed by atoms with Crippen molar-refractivity contribution in [2.45, 2.75) is 19.9 Å². The molecular weight excluding hydrogens is 194 g/mol. The molecule has 0 saturated carbocycles. The van der Waals surface area contributed by atoms with Gasteiger partial charge in [-0.3, -0.25) is 0 Å². The Hall–Kier alpha value is -1.07. The fourth-order valence-corrected chi connectivity index (χ4v) is 1.80. The molecule has 0 fully saturated rings. The Labute approximate surface area is 90.1 Å². The molecule has 0 amide bonds. The number of hydrogen-bond donors (Lipinski definition) is 2. The molecule has 1 aromatic rings. The number of likely N-dealkylation sites (N-methyl/N-ethyl adjacent to an activating group) is 1. The van der Waals surface area contributed by atoms with E-state index >= 15 is 0 Å². The lowest BCUT2D eigenvalue weighted by molar-refractivity contribution is 0.241. The smallest absolute Gasteiger partial charge is 0.216 e. The minimum Gasteiger partial charge on any atom is -0.481 e. The lowest BCUT2D eigenvalue weighted by Gasteiger charge is -2.16. The van der Waals surface area contributed by atoms with E-state index in [1.165, 1.54) is 0 Å². The number of ether oxygens (including phenoxy) is 1. The molecule has 0 spiro atoms. The van der Waals surface area contributed by atoms with Crippen molar-refractivity contribution in [3.05, 3.63) is 11.3 Å². The zero-order valence-corrected chi connectivity index (χ0v) is 9.74. The number of nitrogens with zero attached hydrogens (tertiary/aromatic N) is 2. The number of aromatic nitrogens is 2. The van der Waals surface area contributed by atoms with Crippen LogP contribution in [-0.2, 0) is 7.05 Å². The minimum atomic E-state index is -0.112. The molecule has 86 valence electrons. The van der Waals surface area contributed by atoms with E-state index in [0.29, 0.717) is 5.88 Å². The van der Waals surface area contributed by atoms with Gasteiger partial charge in [0.15, 0.2) is 0 Å². The van der Waals surface area contributed by atoms with Crippen molar-refractivity contribution in [2.24, 2.45) is 7.05 Å². The van der Waals surface area contributed by atoms with Crippen molar-refractivity contribution >= 4 is 0 Å². The van der Waals surface area contributed by atoms with E-state index in [4.69, 9.17) is 4.74 Å². The number of aryl methyl sites for hydroxylation is 2. The molecule has 0 bridgehead atoms. The summed E-state index contributed by atoms with van der Waals surface area (Å²) in [4.78, 5) is 0. The Balaban J connectivity index is 3.09. The minimum absolute atomic E-state index is 0.0384. The van der Waals surface area contributed by atoms with Crippen LogP contribution in [0, 0.1) is 6.92 Å². The molecule has 2 N–H and O–H groups in total. The Kier molecular flexibility index (Phi) is 4.11. The average Bonchev–Trinajstić information content (AvgIpc) is 2.49. The van der Waals surface area contributed by atoms with E-state index in [-0.39, 0.29) is 12.6 Å². The molecule has 1 unspecified atom stereocenters. The summed E-state index contributed by atoms with van der Waals surface area (Å²) in [6.07, 6.45) is 0. The second kappa shape index (κ2) is 5.14. The second-order valence-corrected chi connectivity index (χ2v) is 3.42. The van der Waals surface area contributed by atoms with Crippen LogP contribution < -0.4 is 10.1 Å². The summed E-state index contributed by atoms with van der Waals surface area (Å²) in [6.45, 7) is 4.75. The monoisotopic (exact) mass is 213 g/mol. The number of rotatable bonds is 5. The van der Waals surface area contributed by atoms with Crippen LogP contribution in [-0.4, -0.2) is 35.1 Å². The first-order chi connectivity index (χ1) is 7.15. The van der Waals surface area contributed by atoms with Gasteiger partial charge in [0.05, 0.1) is 31.0 Å². The molecular formula is C10H19N3O2. The van der Waals surface area contributed by atoms with Crippen LogP contribution in [0.2, 0.25) is 0 Å². The molecule has 0 radical (unpaired) electrons. The molecule has 1 atom stereocenters. The molecule has 0 aliphatic rings. The maximum absolute atomic E-state index is 9.31. The summed E-state index contributed by atoms with van der Waals surface area (Å²) in [6, 6.07) is -0.112. The third kappa shape index (κ3) is 2.30. The van der Waals surface area contributed by atoms with E-state index in [2.05, 4.69) is 10.4 Å². The summed E-state index contributed by atoms with van der Waals surface area (Å²) in [5.74, 6) is 0.701. The van der Waals surface area contributed by atoms with E-state index in [1.807, 2.05) is 20.9 Å². The van der Waals surface area contributed by atoms with Crippen molar-refractivity contribution in [2.75, 3.05) is 20.3 Å². The van der Waals surface area contributed by atoms with Gasteiger partial charge in [-0.2, -0.15) is 5.10 Å². The zero-order chi connectivity index (χ0) is 11.4. The third-order valence-corrected chi connectivity index (χ3v) is 2.39. The first kappa shape index (κ1) is 12.0. The topological polar surface area (TPSA) is 59.3 Å². The van der Waals surface area contributed by atoms with Crippen LogP contribution in [0.15, 0.2) is 0 Å². The predicted octanol–water partition coefficient (Wildman–Crippen LogP) is 0.380. The van der Waals surface area contributed by atoms with Crippen molar-refractivity contribution in [1.82, 2.24) is 15.1 Å². The van der Waals surface area contributed by atoms with E-state index in [9.17, 15) is 5.11 Å². The summed E-state index contributed by atoms with van der Waals surface area (Å²) in [7, 11) is 3.44. The van der Waals surface area contributed by atoms with Gasteiger partial charge in [0.25, 0.3) is 0 Å². The molecule has 1 rings (SSSR count). The number of methoxy groups -OCH3 is 1. The normalized spacial score (nSPS) is 12.9. The van der Waals surface area contributed by atoms with Crippen LogP contribution in [0.3, 0.4) is 0 Å². The summed E-state index contributed by atoms with van der Waals surface area (Å²) in [5, 5.41) is 16.8. The molecule has 0 aliphatic carbocycles. The molecule has 0 saturated heterocycles. The van der Waals surface area contributed by atoms with Gasteiger partial charge in [-0.25, -0.2) is 4.68 Å². The van der Waals surface area contributed by atoms with Crippen molar-refractivity contribution in [3.8, 4) is 5.88 Å². The number of nitrogens with one attached hydrogen (secondary N) is 1. The maximum Gasteiger partial charge on any atom is 0.216 e. The van der Waals surface area contributed by atoms with Gasteiger partial charge in [-0.1, -0.05) is 6.92 Å². The van der Waals surface area contributed by atoms with Crippen LogP contribution in [0.1, 0.15) is 24.2 Å². The highest BCUT2D eigenvalue weighted by Crippen LogP contribution is 2.27. The standard InChI is InChI=1S/C10H19N3O2/c1-5-11-8(6-14)9-7(2)12-13(3)10(9)15-4/h8,11,14H,5-6H2,1-4H3. The highest BCUT2D eigenvalue weighted by molar-refractivity contribution is 5.34. The first-order valence-corrected chi connectivity index (χ1v) is 5.07. The Morgan fingerprint density at radius 3 is 2.73 bits per heavy atom. The molecule has 5 nitrogen and oxygen atoms in total. The van der Waals surface area contributed by atoms with Crippen LogP contribution in [0.5, 0.6) is 5.88 Å². The van der Waals surface area contributed by atoms with Crippen LogP contribution >= 0.6 is 0 Å². The average molecular weight is 213 g/mol.